The van der Waals surface area contributed by atoms with Crippen LogP contribution in [-0.4, -0.2) is 11.6 Å². The Morgan fingerprint density at radius 2 is 1.95 bits per heavy atom. The predicted molar refractivity (Wildman–Crippen MR) is 81.6 cm³/mol. The van der Waals surface area contributed by atoms with Crippen molar-refractivity contribution in [2.24, 2.45) is 11.7 Å². The second kappa shape index (κ2) is 7.11. The third-order valence-corrected chi connectivity index (χ3v) is 3.86. The summed E-state index contributed by atoms with van der Waals surface area (Å²) in [5, 5.41) is 0. The number of nitrogens with two attached hydrogens (primary N) is 1. The van der Waals surface area contributed by atoms with Gasteiger partial charge in [-0.2, -0.15) is 13.2 Å². The van der Waals surface area contributed by atoms with Crippen molar-refractivity contribution in [3.63, 3.8) is 0 Å². The molecule has 2 atom stereocenters. The number of hydrogen-bond donors (Lipinski definition) is 1. The van der Waals surface area contributed by atoms with Crippen LogP contribution in [0.1, 0.15) is 44.2 Å². The Hall–Kier alpha value is -1.30. The molecule has 2 N–H and O–H groups in total. The zero-order valence-electron chi connectivity index (χ0n) is 12.3. The van der Waals surface area contributed by atoms with Crippen LogP contribution in [0.25, 0.3) is 0 Å². The lowest BCUT2D eigenvalue weighted by Crippen LogP contribution is -2.24. The fraction of sp³-hybridized carbons (Fsp3) is 0.533. The van der Waals surface area contributed by atoms with E-state index in [1.807, 2.05) is 6.92 Å². The molecule has 0 aliphatic carbocycles. The number of rotatable bonds is 6. The number of ether oxygens (including phenoxy) is 1. The standard InChI is InChI=1S/C15H20F3NOS/c1-4-7-20-13-6-5-11(15(16,17)18)8-12(13)9(2)10(3)14(19)21/h5-6,8-10H,4,7H2,1-3H3,(H2,19,21). The smallest absolute Gasteiger partial charge is 0.416 e. The molecule has 2 unspecified atom stereocenters. The van der Waals surface area contributed by atoms with Crippen LogP contribution in [0.5, 0.6) is 5.75 Å². The van der Waals surface area contributed by atoms with Crippen molar-refractivity contribution in [3.05, 3.63) is 29.3 Å². The number of thiocarbonyl (C=S) groups is 1. The number of halogens is 3. The first kappa shape index (κ1) is 17.8. The van der Waals surface area contributed by atoms with Gasteiger partial charge in [-0.25, -0.2) is 0 Å². The number of hydrogen-bond acceptors (Lipinski definition) is 2. The monoisotopic (exact) mass is 319 g/mol. The molecular formula is C15H20F3NOS. The van der Waals surface area contributed by atoms with E-state index in [-0.39, 0.29) is 16.8 Å². The fourth-order valence-corrected chi connectivity index (χ4v) is 2.14. The quantitative estimate of drug-likeness (QED) is 0.783. The molecule has 0 saturated heterocycles. The maximum absolute atomic E-state index is 12.9. The van der Waals surface area contributed by atoms with Crippen LogP contribution >= 0.6 is 12.2 Å². The molecule has 0 aliphatic rings. The van der Waals surface area contributed by atoms with Crippen molar-refractivity contribution < 1.29 is 17.9 Å². The van der Waals surface area contributed by atoms with Gasteiger partial charge in [0.25, 0.3) is 0 Å². The molecule has 21 heavy (non-hydrogen) atoms. The second-order valence-electron chi connectivity index (χ2n) is 5.08. The Morgan fingerprint density at radius 1 is 1.33 bits per heavy atom. The lowest BCUT2D eigenvalue weighted by atomic mass is 9.87. The first-order chi connectivity index (χ1) is 9.68. The summed E-state index contributed by atoms with van der Waals surface area (Å²) in [4.78, 5) is 0.279. The van der Waals surface area contributed by atoms with Crippen molar-refractivity contribution in [1.82, 2.24) is 0 Å². The van der Waals surface area contributed by atoms with Crippen LogP contribution in [0, 0.1) is 5.92 Å². The molecule has 2 nitrogen and oxygen atoms in total. The molecule has 1 rings (SSSR count). The van der Waals surface area contributed by atoms with Gasteiger partial charge >= 0.3 is 6.18 Å². The van der Waals surface area contributed by atoms with Crippen molar-refractivity contribution in [1.29, 1.82) is 0 Å². The molecule has 0 radical (unpaired) electrons. The highest BCUT2D eigenvalue weighted by Gasteiger charge is 2.32. The first-order valence-electron chi connectivity index (χ1n) is 6.81. The van der Waals surface area contributed by atoms with E-state index in [4.69, 9.17) is 22.7 Å². The Kier molecular flexibility index (Phi) is 6.01. The van der Waals surface area contributed by atoms with Crippen LogP contribution in [0.2, 0.25) is 0 Å². The van der Waals surface area contributed by atoms with Crippen LogP contribution in [0.4, 0.5) is 13.2 Å². The van der Waals surface area contributed by atoms with Gasteiger partial charge in [-0.3, -0.25) is 0 Å². The molecule has 0 bridgehead atoms. The second-order valence-corrected chi connectivity index (χ2v) is 5.55. The summed E-state index contributed by atoms with van der Waals surface area (Å²) in [7, 11) is 0. The Labute approximate surface area is 128 Å². The van der Waals surface area contributed by atoms with Crippen molar-refractivity contribution >= 4 is 17.2 Å². The largest absolute Gasteiger partial charge is 0.493 e. The molecule has 0 spiro atoms. The highest BCUT2D eigenvalue weighted by Crippen LogP contribution is 2.37. The van der Waals surface area contributed by atoms with Crippen LogP contribution in [-0.2, 0) is 6.18 Å². The zero-order valence-corrected chi connectivity index (χ0v) is 13.1. The topological polar surface area (TPSA) is 35.2 Å². The minimum Gasteiger partial charge on any atom is -0.493 e. The lowest BCUT2D eigenvalue weighted by molar-refractivity contribution is -0.137. The number of alkyl halides is 3. The summed E-state index contributed by atoms with van der Waals surface area (Å²) in [5.74, 6) is -0.00966. The molecule has 1 aromatic carbocycles. The molecule has 0 heterocycles. The Bertz CT molecular complexity index is 502. The van der Waals surface area contributed by atoms with Gasteiger partial charge in [0.05, 0.1) is 17.2 Å². The average molecular weight is 319 g/mol. The third-order valence-electron chi connectivity index (χ3n) is 3.49. The average Bonchev–Trinajstić information content (AvgIpc) is 2.42. The van der Waals surface area contributed by atoms with E-state index in [1.165, 1.54) is 6.07 Å². The van der Waals surface area contributed by atoms with Gasteiger partial charge in [-0.15, -0.1) is 0 Å². The minimum absolute atomic E-state index is 0.215. The van der Waals surface area contributed by atoms with E-state index in [0.29, 0.717) is 17.9 Å². The summed E-state index contributed by atoms with van der Waals surface area (Å²) in [6.07, 6.45) is -3.61. The zero-order chi connectivity index (χ0) is 16.2. The van der Waals surface area contributed by atoms with E-state index >= 15 is 0 Å². The molecule has 0 aromatic heterocycles. The molecule has 118 valence electrons. The minimum atomic E-state index is -4.38. The van der Waals surface area contributed by atoms with Gasteiger partial charge in [0, 0.05) is 5.92 Å². The summed E-state index contributed by atoms with van der Waals surface area (Å²) < 4.78 is 44.2. The van der Waals surface area contributed by atoms with Gasteiger partial charge in [-0.05, 0) is 36.1 Å². The SMILES string of the molecule is CCCOc1ccc(C(F)(F)F)cc1C(C)C(C)C(N)=S. The van der Waals surface area contributed by atoms with Crippen LogP contribution in [0.3, 0.4) is 0 Å². The molecule has 0 fully saturated rings. The number of benzene rings is 1. The maximum atomic E-state index is 12.9. The summed E-state index contributed by atoms with van der Waals surface area (Å²) in [6.45, 7) is 5.99. The van der Waals surface area contributed by atoms with Crippen LogP contribution in [0.15, 0.2) is 18.2 Å². The summed E-state index contributed by atoms with van der Waals surface area (Å²) >= 11 is 4.95. The molecule has 0 saturated carbocycles. The third kappa shape index (κ3) is 4.59. The van der Waals surface area contributed by atoms with E-state index in [1.54, 1.807) is 13.8 Å². The predicted octanol–water partition coefficient (Wildman–Crippen LogP) is 4.52. The van der Waals surface area contributed by atoms with E-state index in [9.17, 15) is 13.2 Å². The van der Waals surface area contributed by atoms with Crippen LogP contribution < -0.4 is 10.5 Å². The molecule has 6 heteroatoms. The summed E-state index contributed by atoms with van der Waals surface area (Å²) in [5.41, 5.74) is 5.41. The van der Waals surface area contributed by atoms with Gasteiger partial charge in [-0.1, -0.05) is 33.0 Å². The van der Waals surface area contributed by atoms with E-state index in [2.05, 4.69) is 0 Å². The first-order valence-corrected chi connectivity index (χ1v) is 7.22. The van der Waals surface area contributed by atoms with Crippen molar-refractivity contribution in [2.45, 2.75) is 39.3 Å². The highest BCUT2D eigenvalue weighted by molar-refractivity contribution is 7.80. The highest BCUT2D eigenvalue weighted by atomic mass is 32.1. The molecule has 0 aliphatic heterocycles. The summed E-state index contributed by atoms with van der Waals surface area (Å²) in [6, 6.07) is 3.54. The Morgan fingerprint density at radius 3 is 2.43 bits per heavy atom. The van der Waals surface area contributed by atoms with E-state index < -0.39 is 11.7 Å². The van der Waals surface area contributed by atoms with Gasteiger partial charge < -0.3 is 10.5 Å². The van der Waals surface area contributed by atoms with Gasteiger partial charge in [0.15, 0.2) is 0 Å². The molecule has 1 aromatic rings. The van der Waals surface area contributed by atoms with Gasteiger partial charge in [0.1, 0.15) is 5.75 Å². The maximum Gasteiger partial charge on any atom is 0.416 e. The Balaban J connectivity index is 3.24. The normalized spacial score (nSPS) is 14.6. The fourth-order valence-electron chi connectivity index (χ4n) is 1.94. The molecule has 0 amide bonds. The lowest BCUT2D eigenvalue weighted by Gasteiger charge is -2.23. The van der Waals surface area contributed by atoms with Gasteiger partial charge in [0.2, 0.25) is 0 Å². The van der Waals surface area contributed by atoms with Crippen molar-refractivity contribution in [3.8, 4) is 5.75 Å². The van der Waals surface area contributed by atoms with E-state index in [0.717, 1.165) is 18.6 Å². The molecular weight excluding hydrogens is 299 g/mol. The van der Waals surface area contributed by atoms with Crippen molar-refractivity contribution in [2.75, 3.05) is 6.61 Å².